The fourth-order valence-corrected chi connectivity index (χ4v) is 3.59. The first kappa shape index (κ1) is 17.2. The standard InChI is InChI=1S/C18H27N3O3/c1-18(2)13-21(11-15(24-18)12-23-3)17(22)16-10-14(6-7-19-16)20-8-4-5-9-20/h6-7,10,15H,4-5,8-9,11-13H2,1-3H3/t15-/m1/s1. The van der Waals surface area contributed by atoms with Gasteiger partial charge < -0.3 is 19.3 Å². The van der Waals surface area contributed by atoms with Crippen LogP contribution in [-0.2, 0) is 9.47 Å². The number of amides is 1. The number of rotatable bonds is 4. The summed E-state index contributed by atoms with van der Waals surface area (Å²) in [7, 11) is 1.65. The third-order valence-electron chi connectivity index (χ3n) is 4.55. The van der Waals surface area contributed by atoms with E-state index in [4.69, 9.17) is 9.47 Å². The Hall–Kier alpha value is -1.66. The monoisotopic (exact) mass is 333 g/mol. The van der Waals surface area contributed by atoms with Crippen LogP contribution in [0.3, 0.4) is 0 Å². The molecular weight excluding hydrogens is 306 g/mol. The number of pyridine rings is 1. The molecule has 6 heteroatoms. The van der Waals surface area contributed by atoms with Crippen LogP contribution in [0.25, 0.3) is 0 Å². The maximum atomic E-state index is 13.0. The number of carbonyl (C=O) groups is 1. The van der Waals surface area contributed by atoms with Gasteiger partial charge >= 0.3 is 0 Å². The first-order valence-corrected chi connectivity index (χ1v) is 8.65. The van der Waals surface area contributed by atoms with Crippen molar-refractivity contribution in [3.05, 3.63) is 24.0 Å². The lowest BCUT2D eigenvalue weighted by atomic mass is 10.0. The van der Waals surface area contributed by atoms with E-state index in [1.807, 2.05) is 30.9 Å². The number of ether oxygens (including phenoxy) is 2. The van der Waals surface area contributed by atoms with Gasteiger partial charge in [0.05, 0.1) is 18.3 Å². The summed E-state index contributed by atoms with van der Waals surface area (Å²) in [5.74, 6) is -0.0338. The quantitative estimate of drug-likeness (QED) is 0.843. The zero-order chi connectivity index (χ0) is 17.2. The minimum Gasteiger partial charge on any atom is -0.382 e. The largest absolute Gasteiger partial charge is 0.382 e. The molecule has 2 aliphatic heterocycles. The molecule has 0 radical (unpaired) electrons. The zero-order valence-electron chi connectivity index (χ0n) is 14.8. The summed E-state index contributed by atoms with van der Waals surface area (Å²) in [6, 6.07) is 3.90. The summed E-state index contributed by atoms with van der Waals surface area (Å²) < 4.78 is 11.2. The highest BCUT2D eigenvalue weighted by atomic mass is 16.5. The van der Waals surface area contributed by atoms with Crippen LogP contribution < -0.4 is 4.90 Å². The van der Waals surface area contributed by atoms with E-state index in [2.05, 4.69) is 9.88 Å². The van der Waals surface area contributed by atoms with Gasteiger partial charge in [-0.3, -0.25) is 9.78 Å². The third kappa shape index (κ3) is 3.87. The Morgan fingerprint density at radius 3 is 2.88 bits per heavy atom. The SMILES string of the molecule is COC[C@H]1CN(C(=O)c2cc(N3CCCC3)ccn2)CC(C)(C)O1. The molecule has 0 aromatic carbocycles. The van der Waals surface area contributed by atoms with Gasteiger partial charge in [-0.05, 0) is 38.8 Å². The van der Waals surface area contributed by atoms with Crippen LogP contribution in [0, 0.1) is 0 Å². The van der Waals surface area contributed by atoms with Crippen LogP contribution in [0.1, 0.15) is 37.2 Å². The molecule has 6 nitrogen and oxygen atoms in total. The number of hydrogen-bond donors (Lipinski definition) is 0. The zero-order valence-corrected chi connectivity index (χ0v) is 14.8. The Balaban J connectivity index is 1.76. The highest BCUT2D eigenvalue weighted by Gasteiger charge is 2.36. The molecular formula is C18H27N3O3. The molecule has 0 spiro atoms. The second kappa shape index (κ2) is 7.07. The molecule has 0 unspecified atom stereocenters. The van der Waals surface area contributed by atoms with Crippen molar-refractivity contribution < 1.29 is 14.3 Å². The number of morpholine rings is 1. The summed E-state index contributed by atoms with van der Waals surface area (Å²) >= 11 is 0. The van der Waals surface area contributed by atoms with E-state index in [9.17, 15) is 4.79 Å². The molecule has 1 aromatic rings. The average Bonchev–Trinajstić information content (AvgIpc) is 3.07. The predicted molar refractivity (Wildman–Crippen MR) is 92.4 cm³/mol. The molecule has 0 aliphatic carbocycles. The van der Waals surface area contributed by atoms with E-state index in [0.29, 0.717) is 25.4 Å². The first-order valence-electron chi connectivity index (χ1n) is 8.65. The molecule has 0 bridgehead atoms. The molecule has 1 atom stereocenters. The van der Waals surface area contributed by atoms with Crippen LogP contribution in [0.5, 0.6) is 0 Å². The lowest BCUT2D eigenvalue weighted by Crippen LogP contribution is -2.55. The molecule has 3 rings (SSSR count). The molecule has 2 aliphatic rings. The lowest BCUT2D eigenvalue weighted by Gasteiger charge is -2.42. The van der Waals surface area contributed by atoms with Crippen LogP contribution in [0.2, 0.25) is 0 Å². The van der Waals surface area contributed by atoms with E-state index in [-0.39, 0.29) is 17.6 Å². The minimum atomic E-state index is -0.385. The van der Waals surface area contributed by atoms with Gasteiger partial charge in [0.15, 0.2) is 0 Å². The number of carbonyl (C=O) groups excluding carboxylic acids is 1. The van der Waals surface area contributed by atoms with E-state index >= 15 is 0 Å². The maximum Gasteiger partial charge on any atom is 0.272 e. The molecule has 0 saturated carbocycles. The summed E-state index contributed by atoms with van der Waals surface area (Å²) in [6.45, 7) is 7.69. The van der Waals surface area contributed by atoms with Crippen molar-refractivity contribution in [2.45, 2.75) is 38.4 Å². The Kier molecular flexibility index (Phi) is 5.06. The smallest absolute Gasteiger partial charge is 0.272 e. The molecule has 3 heterocycles. The van der Waals surface area contributed by atoms with Crippen LogP contribution in [0.15, 0.2) is 18.3 Å². The fourth-order valence-electron chi connectivity index (χ4n) is 3.59. The van der Waals surface area contributed by atoms with Gasteiger partial charge in [0.1, 0.15) is 5.69 Å². The Labute approximate surface area is 143 Å². The number of nitrogens with zero attached hydrogens (tertiary/aromatic N) is 3. The summed E-state index contributed by atoms with van der Waals surface area (Å²) in [5, 5.41) is 0. The van der Waals surface area contributed by atoms with Gasteiger partial charge in [-0.1, -0.05) is 0 Å². The Bertz CT molecular complexity index is 585. The molecule has 2 saturated heterocycles. The van der Waals surface area contributed by atoms with Gasteiger partial charge in [0.25, 0.3) is 5.91 Å². The van der Waals surface area contributed by atoms with Gasteiger partial charge in [-0.15, -0.1) is 0 Å². The Morgan fingerprint density at radius 1 is 1.42 bits per heavy atom. The summed E-state index contributed by atoms with van der Waals surface area (Å²) in [5.41, 5.74) is 1.21. The Morgan fingerprint density at radius 2 is 2.17 bits per heavy atom. The fraction of sp³-hybridized carbons (Fsp3) is 0.667. The summed E-state index contributed by atoms with van der Waals surface area (Å²) in [4.78, 5) is 21.4. The second-order valence-electron chi connectivity index (χ2n) is 7.23. The van der Waals surface area contributed by atoms with Gasteiger partial charge in [0, 0.05) is 45.2 Å². The molecule has 24 heavy (non-hydrogen) atoms. The molecule has 1 amide bonds. The van der Waals surface area contributed by atoms with Crippen LogP contribution >= 0.6 is 0 Å². The highest BCUT2D eigenvalue weighted by Crippen LogP contribution is 2.24. The van der Waals surface area contributed by atoms with Crippen molar-refractivity contribution in [2.75, 3.05) is 44.8 Å². The van der Waals surface area contributed by atoms with Crippen molar-refractivity contribution in [2.24, 2.45) is 0 Å². The molecule has 0 N–H and O–H groups in total. The summed E-state index contributed by atoms with van der Waals surface area (Å²) in [6.07, 6.45) is 4.05. The van der Waals surface area contributed by atoms with Crippen molar-refractivity contribution >= 4 is 11.6 Å². The average molecular weight is 333 g/mol. The van der Waals surface area contributed by atoms with Gasteiger partial charge in [0.2, 0.25) is 0 Å². The molecule has 1 aromatic heterocycles. The lowest BCUT2D eigenvalue weighted by molar-refractivity contribution is -0.143. The van der Waals surface area contributed by atoms with Gasteiger partial charge in [-0.2, -0.15) is 0 Å². The van der Waals surface area contributed by atoms with Gasteiger partial charge in [-0.25, -0.2) is 0 Å². The second-order valence-corrected chi connectivity index (χ2v) is 7.23. The molecule has 132 valence electrons. The number of methoxy groups -OCH3 is 1. The highest BCUT2D eigenvalue weighted by molar-refractivity contribution is 5.93. The van der Waals surface area contributed by atoms with E-state index in [1.165, 1.54) is 12.8 Å². The molecule has 2 fully saturated rings. The first-order chi connectivity index (χ1) is 11.5. The van der Waals surface area contributed by atoms with E-state index in [1.54, 1.807) is 13.3 Å². The van der Waals surface area contributed by atoms with Crippen molar-refractivity contribution in [1.29, 1.82) is 0 Å². The van der Waals surface area contributed by atoms with Crippen LogP contribution in [-0.4, -0.2) is 67.4 Å². The predicted octanol–water partition coefficient (Wildman–Crippen LogP) is 1.95. The van der Waals surface area contributed by atoms with Crippen molar-refractivity contribution in [3.63, 3.8) is 0 Å². The maximum absolute atomic E-state index is 13.0. The number of hydrogen-bond acceptors (Lipinski definition) is 5. The van der Waals surface area contributed by atoms with Crippen molar-refractivity contribution in [3.8, 4) is 0 Å². The minimum absolute atomic E-state index is 0.0338. The third-order valence-corrected chi connectivity index (χ3v) is 4.55. The van der Waals surface area contributed by atoms with E-state index in [0.717, 1.165) is 18.8 Å². The normalized spacial score (nSPS) is 23.5. The van der Waals surface area contributed by atoms with Crippen LogP contribution in [0.4, 0.5) is 5.69 Å². The van der Waals surface area contributed by atoms with E-state index < -0.39 is 0 Å². The topological polar surface area (TPSA) is 54.9 Å². The van der Waals surface area contributed by atoms with Crippen molar-refractivity contribution in [1.82, 2.24) is 9.88 Å². The number of anilines is 1. The number of aromatic nitrogens is 1.